The van der Waals surface area contributed by atoms with Crippen molar-refractivity contribution in [2.75, 3.05) is 5.32 Å². The summed E-state index contributed by atoms with van der Waals surface area (Å²) in [6, 6.07) is 18.1. The van der Waals surface area contributed by atoms with Crippen molar-refractivity contribution in [2.24, 2.45) is 5.10 Å². The zero-order valence-corrected chi connectivity index (χ0v) is 15.0. The van der Waals surface area contributed by atoms with E-state index in [4.69, 9.17) is 0 Å². The third-order valence-corrected chi connectivity index (χ3v) is 4.13. The number of aromatic hydroxyl groups is 1. The fourth-order valence-corrected chi connectivity index (χ4v) is 2.62. The van der Waals surface area contributed by atoms with Crippen LogP contribution in [0.1, 0.15) is 18.1 Å². The molecule has 27 heavy (non-hydrogen) atoms. The van der Waals surface area contributed by atoms with Gasteiger partial charge in [0.15, 0.2) is 0 Å². The number of amides is 2. The molecule has 2 amide bonds. The van der Waals surface area contributed by atoms with Gasteiger partial charge in [-0.1, -0.05) is 48.0 Å². The lowest BCUT2D eigenvalue weighted by Gasteiger charge is -2.08. The number of hydrogen-bond donors (Lipinski definition) is 3. The van der Waals surface area contributed by atoms with Crippen molar-refractivity contribution in [2.45, 2.75) is 13.8 Å². The lowest BCUT2D eigenvalue weighted by atomic mass is 10.0. The maximum absolute atomic E-state index is 12.0. The van der Waals surface area contributed by atoms with Gasteiger partial charge in [-0.25, -0.2) is 5.43 Å². The third kappa shape index (κ3) is 4.12. The van der Waals surface area contributed by atoms with Gasteiger partial charge in [0.2, 0.25) is 0 Å². The predicted octanol–water partition coefficient (Wildman–Crippen LogP) is 3.33. The van der Waals surface area contributed by atoms with Gasteiger partial charge in [0.05, 0.1) is 5.71 Å². The molecule has 0 bridgehead atoms. The van der Waals surface area contributed by atoms with Gasteiger partial charge in [0.1, 0.15) is 5.75 Å². The first-order valence-corrected chi connectivity index (χ1v) is 8.39. The van der Waals surface area contributed by atoms with E-state index < -0.39 is 11.8 Å². The molecule has 0 radical (unpaired) electrons. The van der Waals surface area contributed by atoms with Gasteiger partial charge < -0.3 is 10.4 Å². The molecule has 6 heteroatoms. The second-order valence-corrected chi connectivity index (χ2v) is 6.14. The van der Waals surface area contributed by atoms with Crippen LogP contribution in [-0.4, -0.2) is 22.6 Å². The Balaban J connectivity index is 1.71. The molecule has 0 fully saturated rings. The smallest absolute Gasteiger partial charge is 0.329 e. The minimum atomic E-state index is -0.893. The van der Waals surface area contributed by atoms with Crippen LogP contribution in [0.25, 0.3) is 10.8 Å². The van der Waals surface area contributed by atoms with Crippen molar-refractivity contribution in [3.63, 3.8) is 0 Å². The van der Waals surface area contributed by atoms with Crippen molar-refractivity contribution in [3.05, 3.63) is 71.8 Å². The summed E-state index contributed by atoms with van der Waals surface area (Å²) in [5.74, 6) is -1.64. The molecule has 0 aliphatic carbocycles. The van der Waals surface area contributed by atoms with Crippen LogP contribution in [0.3, 0.4) is 0 Å². The second kappa shape index (κ2) is 7.70. The largest absolute Gasteiger partial charge is 0.507 e. The van der Waals surface area contributed by atoms with Gasteiger partial charge in [-0.2, -0.15) is 5.10 Å². The first-order chi connectivity index (χ1) is 13.0. The average molecular weight is 361 g/mol. The molecule has 136 valence electrons. The molecule has 3 rings (SSSR count). The highest BCUT2D eigenvalue weighted by Crippen LogP contribution is 2.28. The van der Waals surface area contributed by atoms with E-state index in [9.17, 15) is 14.7 Å². The molecule has 3 aromatic rings. The zero-order chi connectivity index (χ0) is 19.4. The standard InChI is InChI=1S/C21H19N3O3/c1-13-7-10-16(11-8-13)22-20(26)21(27)24-23-14(2)17-12-9-15-5-3-4-6-18(15)19(17)25/h3-12,25H,1-2H3,(H,22,26)(H,24,27)/b23-14+. The van der Waals surface area contributed by atoms with E-state index in [0.717, 1.165) is 10.9 Å². The summed E-state index contributed by atoms with van der Waals surface area (Å²) < 4.78 is 0. The molecule has 0 heterocycles. The summed E-state index contributed by atoms with van der Waals surface area (Å²) in [5, 5.41) is 18.5. The van der Waals surface area contributed by atoms with E-state index >= 15 is 0 Å². The molecular weight excluding hydrogens is 342 g/mol. The van der Waals surface area contributed by atoms with Gasteiger partial charge in [0.25, 0.3) is 0 Å². The monoisotopic (exact) mass is 361 g/mol. The van der Waals surface area contributed by atoms with E-state index in [1.165, 1.54) is 0 Å². The molecule has 0 aliphatic rings. The number of phenols is 1. The maximum atomic E-state index is 12.0. The molecule has 6 nitrogen and oxygen atoms in total. The van der Waals surface area contributed by atoms with Gasteiger partial charge in [-0.3, -0.25) is 9.59 Å². The Kier molecular flexibility index (Phi) is 5.17. The molecule has 3 aromatic carbocycles. The van der Waals surface area contributed by atoms with E-state index in [1.807, 2.05) is 43.3 Å². The normalized spacial score (nSPS) is 11.3. The van der Waals surface area contributed by atoms with E-state index in [0.29, 0.717) is 22.3 Å². The molecule has 0 aliphatic heterocycles. The second-order valence-electron chi connectivity index (χ2n) is 6.14. The van der Waals surface area contributed by atoms with Crippen LogP contribution in [0.2, 0.25) is 0 Å². The highest BCUT2D eigenvalue weighted by molar-refractivity contribution is 6.39. The lowest BCUT2D eigenvalue weighted by molar-refractivity contribution is -0.136. The third-order valence-electron chi connectivity index (χ3n) is 4.13. The fourth-order valence-electron chi connectivity index (χ4n) is 2.62. The van der Waals surface area contributed by atoms with Crippen molar-refractivity contribution < 1.29 is 14.7 Å². The van der Waals surface area contributed by atoms with Crippen LogP contribution >= 0.6 is 0 Å². The van der Waals surface area contributed by atoms with Crippen molar-refractivity contribution in [3.8, 4) is 5.75 Å². The number of anilines is 1. The van der Waals surface area contributed by atoms with Crippen molar-refractivity contribution >= 4 is 34.0 Å². The summed E-state index contributed by atoms with van der Waals surface area (Å²) in [7, 11) is 0. The summed E-state index contributed by atoms with van der Waals surface area (Å²) in [6.07, 6.45) is 0. The van der Waals surface area contributed by atoms with Crippen LogP contribution in [0, 0.1) is 6.92 Å². The Bertz CT molecular complexity index is 1040. The van der Waals surface area contributed by atoms with Gasteiger partial charge in [0, 0.05) is 16.6 Å². The minimum absolute atomic E-state index is 0.0766. The molecule has 0 atom stereocenters. The van der Waals surface area contributed by atoms with Crippen LogP contribution in [0.4, 0.5) is 5.69 Å². The summed E-state index contributed by atoms with van der Waals surface area (Å²) in [6.45, 7) is 3.57. The number of benzene rings is 3. The van der Waals surface area contributed by atoms with Crippen LogP contribution in [0.5, 0.6) is 5.75 Å². The summed E-state index contributed by atoms with van der Waals surface area (Å²) in [4.78, 5) is 23.9. The molecule has 0 saturated heterocycles. The van der Waals surface area contributed by atoms with Gasteiger partial charge in [-0.15, -0.1) is 0 Å². The SMILES string of the molecule is C/C(=N\NC(=O)C(=O)Nc1ccc(C)cc1)c1ccc2ccccc2c1O. The number of phenolic OH excluding ortho intramolecular Hbond substituents is 1. The maximum Gasteiger partial charge on any atom is 0.329 e. The molecular formula is C21H19N3O3. The number of rotatable bonds is 3. The molecule has 0 aromatic heterocycles. The number of hydrazone groups is 1. The molecule has 0 spiro atoms. The van der Waals surface area contributed by atoms with Crippen LogP contribution < -0.4 is 10.7 Å². The van der Waals surface area contributed by atoms with Gasteiger partial charge in [-0.05, 0) is 37.4 Å². The Morgan fingerprint density at radius 3 is 2.37 bits per heavy atom. The van der Waals surface area contributed by atoms with Crippen molar-refractivity contribution in [1.29, 1.82) is 0 Å². The quantitative estimate of drug-likeness (QED) is 0.380. The molecule has 0 saturated carbocycles. The number of fused-ring (bicyclic) bond motifs is 1. The van der Waals surface area contributed by atoms with Crippen LogP contribution in [-0.2, 0) is 9.59 Å². The first kappa shape index (κ1) is 18.1. The highest BCUT2D eigenvalue weighted by Gasteiger charge is 2.14. The average Bonchev–Trinajstić information content (AvgIpc) is 2.68. The van der Waals surface area contributed by atoms with Crippen molar-refractivity contribution in [1.82, 2.24) is 5.43 Å². The van der Waals surface area contributed by atoms with E-state index in [1.54, 1.807) is 31.2 Å². The Morgan fingerprint density at radius 2 is 1.63 bits per heavy atom. The van der Waals surface area contributed by atoms with Crippen LogP contribution in [0.15, 0.2) is 65.8 Å². The molecule has 3 N–H and O–H groups in total. The number of carbonyl (C=O) groups is 2. The van der Waals surface area contributed by atoms with E-state index in [-0.39, 0.29) is 5.75 Å². The Hall–Kier alpha value is -3.67. The molecule has 0 unspecified atom stereocenters. The Morgan fingerprint density at radius 1 is 0.926 bits per heavy atom. The predicted molar refractivity (Wildman–Crippen MR) is 106 cm³/mol. The topological polar surface area (TPSA) is 90.8 Å². The number of nitrogens with zero attached hydrogens (tertiary/aromatic N) is 1. The number of carbonyl (C=O) groups excluding carboxylic acids is 2. The number of nitrogens with one attached hydrogen (secondary N) is 2. The summed E-state index contributed by atoms with van der Waals surface area (Å²) in [5.41, 5.74) is 4.65. The van der Waals surface area contributed by atoms with E-state index in [2.05, 4.69) is 15.8 Å². The van der Waals surface area contributed by atoms with Gasteiger partial charge >= 0.3 is 11.8 Å². The highest BCUT2D eigenvalue weighted by atomic mass is 16.3. The number of hydrogen-bond acceptors (Lipinski definition) is 4. The number of aryl methyl sites for hydroxylation is 1. The first-order valence-electron chi connectivity index (χ1n) is 8.39. The Labute approximate surface area is 156 Å². The minimum Gasteiger partial charge on any atom is -0.507 e. The lowest BCUT2D eigenvalue weighted by Crippen LogP contribution is -2.32. The fraction of sp³-hybridized carbons (Fsp3) is 0.0952. The summed E-state index contributed by atoms with van der Waals surface area (Å²) >= 11 is 0. The zero-order valence-electron chi connectivity index (χ0n) is 15.0.